The lowest BCUT2D eigenvalue weighted by Crippen LogP contribution is -2.10. The Morgan fingerprint density at radius 1 is 1.14 bits per heavy atom. The third-order valence-electron chi connectivity index (χ3n) is 2.32. The second-order valence-electron chi connectivity index (χ2n) is 3.74. The van der Waals surface area contributed by atoms with Crippen LogP contribution in [0.3, 0.4) is 0 Å². The zero-order chi connectivity index (χ0) is 15.6. The normalized spacial score (nSPS) is 11.0. The summed E-state index contributed by atoms with van der Waals surface area (Å²) in [5, 5.41) is 8.67. The lowest BCUT2D eigenvalue weighted by Gasteiger charge is -2.08. The first-order valence-corrected chi connectivity index (χ1v) is 7.83. The van der Waals surface area contributed by atoms with Gasteiger partial charge in [-0.3, -0.25) is 0 Å². The molecule has 1 heterocycles. The van der Waals surface area contributed by atoms with Gasteiger partial charge in [-0.25, -0.2) is 4.98 Å². The summed E-state index contributed by atoms with van der Waals surface area (Å²) in [4.78, 5) is 3.37. The summed E-state index contributed by atoms with van der Waals surface area (Å²) in [6.07, 6.45) is 1.01. The predicted molar refractivity (Wildman–Crippen MR) is 78.2 cm³/mol. The van der Waals surface area contributed by atoms with Crippen LogP contribution in [0.2, 0.25) is 15.2 Å². The van der Waals surface area contributed by atoms with E-state index in [0.717, 1.165) is 12.3 Å². The molecule has 5 nitrogen and oxygen atoms in total. The number of hydrogen-bond donors (Lipinski definition) is 0. The van der Waals surface area contributed by atoms with Gasteiger partial charge in [0.15, 0.2) is 5.75 Å². The summed E-state index contributed by atoms with van der Waals surface area (Å²) in [6.45, 7) is 0. The minimum Gasteiger partial charge on any atom is -0.377 e. The Balaban J connectivity index is 2.37. The average molecular weight is 364 g/mol. The van der Waals surface area contributed by atoms with Crippen LogP contribution < -0.4 is 4.18 Å². The van der Waals surface area contributed by atoms with Gasteiger partial charge in [0.2, 0.25) is 0 Å². The first-order chi connectivity index (χ1) is 9.83. The molecule has 108 valence electrons. The number of aromatic nitrogens is 1. The van der Waals surface area contributed by atoms with Gasteiger partial charge in [0.05, 0.1) is 27.9 Å². The fourth-order valence-corrected chi connectivity index (χ4v) is 2.87. The number of nitrogens with zero attached hydrogens (tertiary/aromatic N) is 2. The topological polar surface area (TPSA) is 80.0 Å². The van der Waals surface area contributed by atoms with Crippen molar-refractivity contribution in [3.63, 3.8) is 0 Å². The van der Waals surface area contributed by atoms with Crippen LogP contribution >= 0.6 is 34.8 Å². The molecule has 9 heteroatoms. The maximum atomic E-state index is 12.1. The molecule has 1 aromatic carbocycles. The molecule has 0 saturated heterocycles. The Hall–Kier alpha value is -1.52. The van der Waals surface area contributed by atoms with Gasteiger partial charge in [-0.15, -0.1) is 0 Å². The van der Waals surface area contributed by atoms with Crippen LogP contribution in [0, 0.1) is 11.3 Å². The van der Waals surface area contributed by atoms with E-state index in [1.807, 2.05) is 6.07 Å². The second-order valence-corrected chi connectivity index (χ2v) is 6.46. The van der Waals surface area contributed by atoms with Gasteiger partial charge in [0.25, 0.3) is 0 Å². The first kappa shape index (κ1) is 15.9. The van der Waals surface area contributed by atoms with E-state index in [2.05, 4.69) is 4.98 Å². The van der Waals surface area contributed by atoms with E-state index in [9.17, 15) is 8.42 Å². The number of nitriles is 1. The molecule has 0 saturated carbocycles. The molecule has 0 unspecified atom stereocenters. The summed E-state index contributed by atoms with van der Waals surface area (Å²) in [7, 11) is -4.17. The van der Waals surface area contributed by atoms with Crippen LogP contribution in [0.5, 0.6) is 5.75 Å². The molecule has 0 aliphatic heterocycles. The van der Waals surface area contributed by atoms with E-state index in [1.54, 1.807) is 0 Å². The SMILES string of the molecule is N#Cc1ccc(OS(=O)(=O)c2cnc(Cl)c(Cl)c2)c(Cl)c1. The molecule has 2 aromatic rings. The number of halogens is 3. The fourth-order valence-electron chi connectivity index (χ4n) is 1.34. The smallest absolute Gasteiger partial charge is 0.340 e. The van der Waals surface area contributed by atoms with Gasteiger partial charge in [-0.2, -0.15) is 13.7 Å². The highest BCUT2D eigenvalue weighted by molar-refractivity contribution is 7.87. The Morgan fingerprint density at radius 2 is 1.86 bits per heavy atom. The van der Waals surface area contributed by atoms with Gasteiger partial charge in [0, 0.05) is 0 Å². The molecule has 0 amide bonds. The maximum absolute atomic E-state index is 12.1. The molecule has 0 radical (unpaired) electrons. The highest BCUT2D eigenvalue weighted by atomic mass is 35.5. The predicted octanol–water partition coefficient (Wildman–Crippen LogP) is 3.68. The van der Waals surface area contributed by atoms with Crippen molar-refractivity contribution in [2.24, 2.45) is 0 Å². The van der Waals surface area contributed by atoms with Crippen molar-refractivity contribution in [3.05, 3.63) is 51.2 Å². The van der Waals surface area contributed by atoms with Crippen LogP contribution in [0.1, 0.15) is 5.56 Å². The number of benzene rings is 1. The Labute approximate surface area is 135 Å². The molecule has 1 aromatic heterocycles. The molecule has 0 bridgehead atoms. The Morgan fingerprint density at radius 3 is 2.43 bits per heavy atom. The van der Waals surface area contributed by atoms with Crippen LogP contribution in [0.4, 0.5) is 0 Å². The minimum absolute atomic E-state index is 0.00866. The molecule has 0 aliphatic rings. The standard InChI is InChI=1S/C12H5Cl3N2O3S/c13-9-3-7(5-16)1-2-11(9)20-21(18,19)8-4-10(14)12(15)17-6-8/h1-4,6H. The third-order valence-corrected chi connectivity index (χ3v) is 4.50. The molecule has 0 aliphatic carbocycles. The number of pyridine rings is 1. The van der Waals surface area contributed by atoms with E-state index in [1.165, 1.54) is 18.2 Å². The van der Waals surface area contributed by atoms with Gasteiger partial charge in [0.1, 0.15) is 10.0 Å². The zero-order valence-corrected chi connectivity index (χ0v) is 13.1. The summed E-state index contributed by atoms with van der Waals surface area (Å²) in [6, 6.07) is 6.94. The molecule has 0 N–H and O–H groups in total. The van der Waals surface area contributed by atoms with Gasteiger partial charge >= 0.3 is 10.1 Å². The fraction of sp³-hybridized carbons (Fsp3) is 0. The lowest BCUT2D eigenvalue weighted by molar-refractivity contribution is 0.486. The zero-order valence-electron chi connectivity index (χ0n) is 10.0. The van der Waals surface area contributed by atoms with Crippen molar-refractivity contribution in [2.75, 3.05) is 0 Å². The van der Waals surface area contributed by atoms with E-state index in [4.69, 9.17) is 44.2 Å². The van der Waals surface area contributed by atoms with Crippen molar-refractivity contribution in [3.8, 4) is 11.8 Å². The molecule has 21 heavy (non-hydrogen) atoms. The van der Waals surface area contributed by atoms with Crippen molar-refractivity contribution >= 4 is 44.9 Å². The first-order valence-electron chi connectivity index (χ1n) is 5.28. The summed E-state index contributed by atoms with van der Waals surface area (Å²) in [5.74, 6) is -0.110. The molecular weight excluding hydrogens is 359 g/mol. The minimum atomic E-state index is -4.17. The van der Waals surface area contributed by atoms with Crippen LogP contribution in [0.25, 0.3) is 0 Å². The number of hydrogen-bond acceptors (Lipinski definition) is 5. The Kier molecular flexibility index (Phi) is 4.59. The maximum Gasteiger partial charge on any atom is 0.340 e. The second kappa shape index (κ2) is 6.08. The molecule has 2 rings (SSSR count). The van der Waals surface area contributed by atoms with Gasteiger partial charge < -0.3 is 4.18 Å². The van der Waals surface area contributed by atoms with Crippen molar-refractivity contribution in [2.45, 2.75) is 4.90 Å². The lowest BCUT2D eigenvalue weighted by atomic mass is 10.2. The summed E-state index contributed by atoms with van der Waals surface area (Å²) in [5.41, 5.74) is 0.279. The third kappa shape index (κ3) is 3.57. The highest BCUT2D eigenvalue weighted by Crippen LogP contribution is 2.29. The monoisotopic (exact) mass is 362 g/mol. The highest BCUT2D eigenvalue weighted by Gasteiger charge is 2.20. The largest absolute Gasteiger partial charge is 0.377 e. The molecular formula is C12H5Cl3N2O3S. The van der Waals surface area contributed by atoms with Crippen molar-refractivity contribution < 1.29 is 12.6 Å². The quantitative estimate of drug-likeness (QED) is 0.614. The van der Waals surface area contributed by atoms with E-state index < -0.39 is 10.1 Å². The molecule has 0 fully saturated rings. The van der Waals surface area contributed by atoms with E-state index >= 15 is 0 Å². The van der Waals surface area contributed by atoms with Crippen LogP contribution in [-0.2, 0) is 10.1 Å². The van der Waals surface area contributed by atoms with Crippen molar-refractivity contribution in [1.29, 1.82) is 5.26 Å². The average Bonchev–Trinajstić information content (AvgIpc) is 2.43. The number of rotatable bonds is 3. The Bertz CT molecular complexity index is 847. The summed E-state index contributed by atoms with van der Waals surface area (Å²) >= 11 is 17.2. The van der Waals surface area contributed by atoms with E-state index in [0.29, 0.717) is 0 Å². The van der Waals surface area contributed by atoms with Crippen molar-refractivity contribution in [1.82, 2.24) is 4.98 Å². The van der Waals surface area contributed by atoms with E-state index in [-0.39, 0.29) is 31.4 Å². The molecule has 0 atom stereocenters. The summed E-state index contributed by atoms with van der Waals surface area (Å²) < 4.78 is 29.1. The van der Waals surface area contributed by atoms with Gasteiger partial charge in [-0.1, -0.05) is 34.8 Å². The van der Waals surface area contributed by atoms with Crippen LogP contribution in [0.15, 0.2) is 35.4 Å². The molecule has 0 spiro atoms. The van der Waals surface area contributed by atoms with Crippen LogP contribution in [-0.4, -0.2) is 13.4 Å². The van der Waals surface area contributed by atoms with Gasteiger partial charge in [-0.05, 0) is 24.3 Å².